The van der Waals surface area contributed by atoms with Gasteiger partial charge in [0, 0.05) is 22.8 Å². The van der Waals surface area contributed by atoms with Gasteiger partial charge in [-0.15, -0.1) is 0 Å². The minimum absolute atomic E-state index is 0.00117. The number of nitrogens with one attached hydrogen (secondary N) is 1. The highest BCUT2D eigenvalue weighted by Crippen LogP contribution is 2.20. The van der Waals surface area contributed by atoms with Crippen LogP contribution in [0.3, 0.4) is 0 Å². The summed E-state index contributed by atoms with van der Waals surface area (Å²) in [4.78, 5) is 12.3. The number of sulfonamides is 1. The molecule has 2 rings (SSSR count). The Hall–Kier alpha value is -1.86. The van der Waals surface area contributed by atoms with E-state index in [-0.39, 0.29) is 11.7 Å². The van der Waals surface area contributed by atoms with Crippen LogP contribution in [0.1, 0.15) is 17.3 Å². The first-order valence-electron chi connectivity index (χ1n) is 6.97. The van der Waals surface area contributed by atoms with Gasteiger partial charge in [-0.1, -0.05) is 22.0 Å². The van der Waals surface area contributed by atoms with E-state index in [2.05, 4.69) is 21.2 Å². The molecule has 0 heterocycles. The van der Waals surface area contributed by atoms with Crippen molar-refractivity contribution in [2.45, 2.75) is 6.92 Å². The maximum absolute atomic E-state index is 12.3. The van der Waals surface area contributed by atoms with Gasteiger partial charge in [0.05, 0.1) is 11.4 Å². The van der Waals surface area contributed by atoms with Gasteiger partial charge in [0.15, 0.2) is 0 Å². The van der Waals surface area contributed by atoms with Crippen molar-refractivity contribution in [3.05, 3.63) is 58.6 Å². The Morgan fingerprint density at radius 2 is 1.83 bits per heavy atom. The summed E-state index contributed by atoms with van der Waals surface area (Å²) in [5, 5.41) is 2.78. The van der Waals surface area contributed by atoms with Crippen LogP contribution in [0, 0.1) is 0 Å². The van der Waals surface area contributed by atoms with Crippen LogP contribution < -0.4 is 9.62 Å². The number of benzene rings is 2. The molecule has 23 heavy (non-hydrogen) atoms. The molecule has 0 bridgehead atoms. The smallest absolute Gasteiger partial charge is 0.255 e. The van der Waals surface area contributed by atoms with E-state index >= 15 is 0 Å². The predicted octanol–water partition coefficient (Wildman–Crippen LogP) is 3.49. The van der Waals surface area contributed by atoms with Gasteiger partial charge in [0.1, 0.15) is 0 Å². The highest BCUT2D eigenvalue weighted by Gasteiger charge is 2.17. The molecule has 0 atom stereocenters. The van der Waals surface area contributed by atoms with Gasteiger partial charge >= 0.3 is 0 Å². The van der Waals surface area contributed by atoms with Gasteiger partial charge in [0.25, 0.3) is 5.91 Å². The maximum atomic E-state index is 12.3. The molecule has 0 saturated carbocycles. The maximum Gasteiger partial charge on any atom is 0.255 e. The summed E-state index contributed by atoms with van der Waals surface area (Å²) in [7, 11) is -1.88. The first kappa shape index (κ1) is 17.5. The van der Waals surface area contributed by atoms with Crippen LogP contribution in [-0.2, 0) is 10.0 Å². The Bertz CT molecular complexity index is 804. The number of amides is 1. The Balaban J connectivity index is 2.22. The zero-order chi connectivity index (χ0) is 17.0. The van der Waals surface area contributed by atoms with E-state index in [0.717, 1.165) is 4.47 Å². The lowest BCUT2D eigenvalue weighted by molar-refractivity contribution is 0.102. The molecule has 0 aliphatic carbocycles. The molecule has 2 aromatic rings. The lowest BCUT2D eigenvalue weighted by Crippen LogP contribution is -2.28. The molecule has 0 saturated heterocycles. The van der Waals surface area contributed by atoms with Crippen molar-refractivity contribution in [3.8, 4) is 0 Å². The zero-order valence-corrected chi connectivity index (χ0v) is 15.2. The van der Waals surface area contributed by atoms with Crippen LogP contribution in [0.5, 0.6) is 0 Å². The zero-order valence-electron chi connectivity index (χ0n) is 12.8. The van der Waals surface area contributed by atoms with Gasteiger partial charge in [-0.05, 0) is 49.4 Å². The summed E-state index contributed by atoms with van der Waals surface area (Å²) in [5.41, 5.74) is 1.51. The van der Waals surface area contributed by atoms with Crippen LogP contribution >= 0.6 is 15.9 Å². The Labute approximate surface area is 144 Å². The normalized spacial score (nSPS) is 11.1. The van der Waals surface area contributed by atoms with Crippen molar-refractivity contribution < 1.29 is 13.2 Å². The van der Waals surface area contributed by atoms with Gasteiger partial charge in [-0.25, -0.2) is 8.42 Å². The number of carbonyl (C=O) groups excluding carboxylic acids is 1. The lowest BCUT2D eigenvalue weighted by Gasteiger charge is -2.19. The molecule has 0 spiro atoms. The van der Waals surface area contributed by atoms with E-state index in [0.29, 0.717) is 16.9 Å². The molecular formula is C16H17BrN2O3S. The molecule has 2 aromatic carbocycles. The summed E-state index contributed by atoms with van der Waals surface area (Å²) in [6.07, 6.45) is 0. The van der Waals surface area contributed by atoms with Crippen LogP contribution in [0.2, 0.25) is 0 Å². The van der Waals surface area contributed by atoms with Crippen LogP contribution in [-0.4, -0.2) is 27.1 Å². The first-order valence-corrected chi connectivity index (χ1v) is 9.37. The molecule has 0 aromatic heterocycles. The highest BCUT2D eigenvalue weighted by atomic mass is 79.9. The van der Waals surface area contributed by atoms with Crippen LogP contribution in [0.25, 0.3) is 0 Å². The van der Waals surface area contributed by atoms with Gasteiger partial charge in [-0.3, -0.25) is 9.10 Å². The van der Waals surface area contributed by atoms with Gasteiger partial charge in [-0.2, -0.15) is 0 Å². The molecule has 0 radical (unpaired) electrons. The monoisotopic (exact) mass is 396 g/mol. The minimum Gasteiger partial charge on any atom is -0.322 e. The fraction of sp³-hybridized carbons (Fsp3) is 0.188. The van der Waals surface area contributed by atoms with Crippen molar-refractivity contribution in [2.75, 3.05) is 22.4 Å². The fourth-order valence-corrected chi connectivity index (χ4v) is 3.02. The SMILES string of the molecule is CCS(=O)(=O)N(C)c1cccc(C(=O)Nc2ccc(Br)cc2)c1. The number of carbonyl (C=O) groups is 1. The summed E-state index contributed by atoms with van der Waals surface area (Å²) < 4.78 is 26.0. The summed E-state index contributed by atoms with van der Waals surface area (Å²) in [5.74, 6) is -0.296. The van der Waals surface area contributed by atoms with Crippen LogP contribution in [0.15, 0.2) is 53.0 Å². The summed E-state index contributed by atoms with van der Waals surface area (Å²) >= 11 is 3.33. The van der Waals surface area contributed by atoms with Crippen molar-refractivity contribution in [1.82, 2.24) is 0 Å². The third kappa shape index (κ3) is 4.33. The van der Waals surface area contributed by atoms with Gasteiger partial charge in [0.2, 0.25) is 10.0 Å². The number of rotatable bonds is 5. The number of halogens is 1. The van der Waals surface area contributed by atoms with Crippen molar-refractivity contribution in [2.24, 2.45) is 0 Å². The minimum atomic E-state index is -3.36. The number of anilines is 2. The van der Waals surface area contributed by atoms with Crippen molar-refractivity contribution >= 4 is 43.2 Å². The van der Waals surface area contributed by atoms with E-state index in [1.807, 2.05) is 12.1 Å². The summed E-state index contributed by atoms with van der Waals surface area (Å²) in [6.45, 7) is 1.58. The third-order valence-electron chi connectivity index (χ3n) is 3.36. The molecule has 7 heteroatoms. The Kier molecular flexibility index (Phi) is 5.43. The van der Waals surface area contributed by atoms with Crippen LogP contribution in [0.4, 0.5) is 11.4 Å². The third-order valence-corrected chi connectivity index (χ3v) is 5.66. The van der Waals surface area contributed by atoms with Gasteiger partial charge < -0.3 is 5.32 Å². The summed E-state index contributed by atoms with van der Waals surface area (Å²) in [6, 6.07) is 13.7. The van der Waals surface area contributed by atoms with Crippen molar-refractivity contribution in [3.63, 3.8) is 0 Å². The molecule has 0 unspecified atom stereocenters. The lowest BCUT2D eigenvalue weighted by atomic mass is 10.2. The van der Waals surface area contributed by atoms with E-state index < -0.39 is 10.0 Å². The average Bonchev–Trinajstić information content (AvgIpc) is 2.56. The Morgan fingerprint density at radius 1 is 1.17 bits per heavy atom. The predicted molar refractivity (Wildman–Crippen MR) is 96.4 cm³/mol. The number of nitrogens with zero attached hydrogens (tertiary/aromatic N) is 1. The standard InChI is InChI=1S/C16H17BrN2O3S/c1-3-23(21,22)19(2)15-6-4-5-12(11-15)16(20)18-14-9-7-13(17)8-10-14/h4-11H,3H2,1-2H3,(H,18,20). The van der Waals surface area contributed by atoms with Crippen molar-refractivity contribution in [1.29, 1.82) is 0 Å². The molecule has 1 N–H and O–H groups in total. The van der Waals surface area contributed by atoms with E-state index in [9.17, 15) is 13.2 Å². The van der Waals surface area contributed by atoms with E-state index in [4.69, 9.17) is 0 Å². The molecule has 0 fully saturated rings. The largest absolute Gasteiger partial charge is 0.322 e. The second-order valence-corrected chi connectivity index (χ2v) is 8.08. The molecule has 122 valence electrons. The molecule has 1 amide bonds. The van der Waals surface area contributed by atoms with E-state index in [1.165, 1.54) is 11.4 Å². The second-order valence-electron chi connectivity index (χ2n) is 4.88. The molecule has 0 aliphatic heterocycles. The number of hydrogen-bond donors (Lipinski definition) is 1. The second kappa shape index (κ2) is 7.14. The highest BCUT2D eigenvalue weighted by molar-refractivity contribution is 9.10. The first-order chi connectivity index (χ1) is 10.8. The average molecular weight is 397 g/mol. The topological polar surface area (TPSA) is 66.5 Å². The molecule has 0 aliphatic rings. The molecule has 5 nitrogen and oxygen atoms in total. The fourth-order valence-electron chi connectivity index (χ4n) is 1.93. The molecular weight excluding hydrogens is 380 g/mol. The number of hydrogen-bond acceptors (Lipinski definition) is 3. The quantitative estimate of drug-likeness (QED) is 0.840. The van der Waals surface area contributed by atoms with E-state index in [1.54, 1.807) is 43.3 Å². The Morgan fingerprint density at radius 3 is 2.43 bits per heavy atom.